The predicted octanol–water partition coefficient (Wildman–Crippen LogP) is 2.20. The lowest BCUT2D eigenvalue weighted by Crippen LogP contribution is -2.14. The Balaban J connectivity index is 2.95. The predicted molar refractivity (Wildman–Crippen MR) is 58.8 cm³/mol. The van der Waals surface area contributed by atoms with Crippen LogP contribution in [0.5, 0.6) is 0 Å². The van der Waals surface area contributed by atoms with Crippen LogP contribution in [0.2, 0.25) is 0 Å². The topological polar surface area (TPSA) is 29.1 Å². The lowest BCUT2D eigenvalue weighted by Gasteiger charge is -2.04. The molecule has 0 aliphatic carbocycles. The van der Waals surface area contributed by atoms with Crippen molar-refractivity contribution >= 4 is 5.91 Å². The van der Waals surface area contributed by atoms with Crippen LogP contribution >= 0.6 is 0 Å². The number of allylic oxidation sites excluding steroid dienone is 3. The third kappa shape index (κ3) is 2.13. The molecule has 0 aromatic rings. The number of nitrogens with one attached hydrogen (secondary N) is 1. The molecule has 1 aliphatic heterocycles. The molecule has 0 radical (unpaired) electrons. The highest BCUT2D eigenvalue weighted by Gasteiger charge is 2.21. The minimum absolute atomic E-state index is 0.0138. The van der Waals surface area contributed by atoms with Gasteiger partial charge in [0.15, 0.2) is 0 Å². The minimum Gasteiger partial charge on any atom is -0.348 e. The van der Waals surface area contributed by atoms with E-state index in [0.717, 1.165) is 16.7 Å². The third-order valence-corrected chi connectivity index (χ3v) is 2.45. The average molecular weight is 191 g/mol. The molecule has 0 atom stereocenters. The van der Waals surface area contributed by atoms with Crippen molar-refractivity contribution in [3.63, 3.8) is 0 Å². The molecule has 0 spiro atoms. The molecule has 0 saturated carbocycles. The Kier molecular flexibility index (Phi) is 3.28. The van der Waals surface area contributed by atoms with Crippen LogP contribution < -0.4 is 5.32 Å². The molecule has 14 heavy (non-hydrogen) atoms. The second kappa shape index (κ2) is 4.27. The highest BCUT2D eigenvalue weighted by atomic mass is 16.2. The van der Waals surface area contributed by atoms with Crippen LogP contribution in [0.25, 0.3) is 0 Å². The Labute approximate surface area is 85.4 Å². The van der Waals surface area contributed by atoms with Crippen molar-refractivity contribution < 1.29 is 4.79 Å². The van der Waals surface area contributed by atoms with Crippen molar-refractivity contribution in [2.45, 2.75) is 20.8 Å². The van der Waals surface area contributed by atoms with E-state index in [-0.39, 0.29) is 5.91 Å². The van der Waals surface area contributed by atoms with Gasteiger partial charge in [0.25, 0.3) is 5.91 Å². The van der Waals surface area contributed by atoms with Crippen molar-refractivity contribution in [1.82, 2.24) is 5.32 Å². The van der Waals surface area contributed by atoms with E-state index in [9.17, 15) is 4.79 Å². The zero-order valence-corrected chi connectivity index (χ0v) is 9.05. The van der Waals surface area contributed by atoms with Crippen molar-refractivity contribution in [3.05, 3.63) is 35.5 Å². The van der Waals surface area contributed by atoms with Crippen LogP contribution in [0.3, 0.4) is 0 Å². The van der Waals surface area contributed by atoms with Gasteiger partial charge in [-0.25, -0.2) is 0 Å². The van der Waals surface area contributed by atoms with Crippen LogP contribution in [-0.2, 0) is 4.79 Å². The molecular formula is C12H17NO. The monoisotopic (exact) mass is 191 g/mol. The lowest BCUT2D eigenvalue weighted by atomic mass is 9.99. The van der Waals surface area contributed by atoms with Gasteiger partial charge < -0.3 is 5.32 Å². The molecule has 1 amide bonds. The lowest BCUT2D eigenvalue weighted by molar-refractivity contribution is -0.116. The number of amides is 1. The SMILES string of the molecule is C=C(/C=C1/C(=O)NC/C1=C/C)C(C)C. The Bertz CT molecular complexity index is 321. The zero-order valence-electron chi connectivity index (χ0n) is 9.05. The summed E-state index contributed by atoms with van der Waals surface area (Å²) in [6.07, 6.45) is 3.86. The molecule has 2 nitrogen and oxygen atoms in total. The maximum Gasteiger partial charge on any atom is 0.251 e. The van der Waals surface area contributed by atoms with Gasteiger partial charge in [-0.1, -0.05) is 32.1 Å². The fraction of sp³-hybridized carbons (Fsp3) is 0.417. The van der Waals surface area contributed by atoms with Crippen molar-refractivity contribution in [3.8, 4) is 0 Å². The third-order valence-electron chi connectivity index (χ3n) is 2.45. The molecule has 76 valence electrons. The van der Waals surface area contributed by atoms with E-state index in [1.807, 2.05) is 19.1 Å². The van der Waals surface area contributed by atoms with Gasteiger partial charge in [0.2, 0.25) is 0 Å². The highest BCUT2D eigenvalue weighted by Crippen LogP contribution is 2.20. The fourth-order valence-corrected chi connectivity index (χ4v) is 1.28. The average Bonchev–Trinajstić information content (AvgIpc) is 2.47. The van der Waals surface area contributed by atoms with E-state index in [1.54, 1.807) is 0 Å². The van der Waals surface area contributed by atoms with Crippen LogP contribution in [0, 0.1) is 5.92 Å². The summed E-state index contributed by atoms with van der Waals surface area (Å²) in [6.45, 7) is 10.7. The Morgan fingerprint density at radius 2 is 2.21 bits per heavy atom. The van der Waals surface area contributed by atoms with Gasteiger partial charge in [0, 0.05) is 12.1 Å². The number of hydrogen-bond donors (Lipinski definition) is 1. The maximum absolute atomic E-state index is 11.4. The summed E-state index contributed by atoms with van der Waals surface area (Å²) in [4.78, 5) is 11.4. The summed E-state index contributed by atoms with van der Waals surface area (Å²) in [7, 11) is 0. The van der Waals surface area contributed by atoms with Crippen LogP contribution in [0.1, 0.15) is 20.8 Å². The van der Waals surface area contributed by atoms with E-state index >= 15 is 0 Å². The number of hydrogen-bond acceptors (Lipinski definition) is 1. The van der Waals surface area contributed by atoms with Gasteiger partial charge in [-0.3, -0.25) is 4.79 Å². The van der Waals surface area contributed by atoms with Gasteiger partial charge in [-0.15, -0.1) is 0 Å². The van der Waals surface area contributed by atoms with E-state index in [2.05, 4.69) is 25.7 Å². The first-order chi connectivity index (χ1) is 6.56. The largest absolute Gasteiger partial charge is 0.348 e. The van der Waals surface area contributed by atoms with Crippen LogP contribution in [0.4, 0.5) is 0 Å². The Morgan fingerprint density at radius 3 is 2.71 bits per heavy atom. The van der Waals surface area contributed by atoms with Crippen molar-refractivity contribution in [2.75, 3.05) is 6.54 Å². The van der Waals surface area contributed by atoms with Gasteiger partial charge in [-0.2, -0.15) is 0 Å². The Hall–Kier alpha value is -1.31. The molecular weight excluding hydrogens is 174 g/mol. The van der Waals surface area contributed by atoms with Gasteiger partial charge >= 0.3 is 0 Å². The summed E-state index contributed by atoms with van der Waals surface area (Å²) < 4.78 is 0. The molecule has 0 bridgehead atoms. The normalized spacial score (nSPS) is 22.1. The first kappa shape index (κ1) is 10.8. The minimum atomic E-state index is 0.0138. The molecule has 0 unspecified atom stereocenters. The van der Waals surface area contributed by atoms with Crippen molar-refractivity contribution in [2.24, 2.45) is 5.92 Å². The first-order valence-electron chi connectivity index (χ1n) is 4.90. The maximum atomic E-state index is 11.4. The summed E-state index contributed by atoms with van der Waals surface area (Å²) in [5, 5.41) is 2.80. The molecule has 1 N–H and O–H groups in total. The van der Waals surface area contributed by atoms with Crippen LogP contribution in [0.15, 0.2) is 35.5 Å². The number of carbonyl (C=O) groups is 1. The molecule has 0 aromatic heterocycles. The summed E-state index contributed by atoms with van der Waals surface area (Å²) in [5.74, 6) is 0.397. The Morgan fingerprint density at radius 1 is 1.57 bits per heavy atom. The molecule has 1 rings (SSSR count). The van der Waals surface area contributed by atoms with E-state index in [4.69, 9.17) is 0 Å². The first-order valence-corrected chi connectivity index (χ1v) is 4.90. The van der Waals surface area contributed by atoms with E-state index < -0.39 is 0 Å². The van der Waals surface area contributed by atoms with Gasteiger partial charge in [0.1, 0.15) is 0 Å². The van der Waals surface area contributed by atoms with Gasteiger partial charge in [0.05, 0.1) is 0 Å². The molecule has 1 saturated heterocycles. The van der Waals surface area contributed by atoms with E-state index in [1.165, 1.54) is 0 Å². The second-order valence-corrected chi connectivity index (χ2v) is 3.78. The highest BCUT2D eigenvalue weighted by molar-refractivity contribution is 6.01. The van der Waals surface area contributed by atoms with E-state index in [0.29, 0.717) is 12.5 Å². The molecule has 1 aliphatic rings. The van der Waals surface area contributed by atoms with Crippen LogP contribution in [-0.4, -0.2) is 12.5 Å². The number of rotatable bonds is 2. The van der Waals surface area contributed by atoms with Crippen molar-refractivity contribution in [1.29, 1.82) is 0 Å². The summed E-state index contributed by atoms with van der Waals surface area (Å²) in [5.41, 5.74) is 2.83. The smallest absolute Gasteiger partial charge is 0.251 e. The quantitative estimate of drug-likeness (QED) is 0.666. The molecule has 1 fully saturated rings. The fourth-order valence-electron chi connectivity index (χ4n) is 1.28. The summed E-state index contributed by atoms with van der Waals surface area (Å²) in [6, 6.07) is 0. The second-order valence-electron chi connectivity index (χ2n) is 3.78. The molecule has 1 heterocycles. The standard InChI is InChI=1S/C12H17NO/c1-5-10-7-13-12(14)11(10)6-9(4)8(2)3/h5-6,8H,4,7H2,1-3H3,(H,13,14)/b10-5-,11-6+. The summed E-state index contributed by atoms with van der Waals surface area (Å²) >= 11 is 0. The van der Waals surface area contributed by atoms with Gasteiger partial charge in [-0.05, 0) is 24.5 Å². The number of carbonyl (C=O) groups excluding carboxylic acids is 1. The zero-order chi connectivity index (χ0) is 10.7. The molecule has 2 heteroatoms. The molecule has 0 aromatic carbocycles.